The van der Waals surface area contributed by atoms with Crippen molar-refractivity contribution in [3.8, 4) is 0 Å². The number of aliphatic hydroxyl groups excluding tert-OH is 2. The van der Waals surface area contributed by atoms with Gasteiger partial charge in [-0.2, -0.15) is 0 Å². The van der Waals surface area contributed by atoms with Crippen molar-refractivity contribution in [1.82, 2.24) is 0 Å². The first-order valence-corrected chi connectivity index (χ1v) is 11.7. The SMILES string of the molecule is CC(=O)OCC[C@@]1(CO)CC[C@]2(O1)[C@@H](C)CC[C@H]1[C@](C)(COC(C)=O)[C@@H](O)CC[C@@]12C. The molecule has 3 rings (SSSR count). The van der Waals surface area contributed by atoms with Gasteiger partial charge in [-0.05, 0) is 50.4 Å². The van der Waals surface area contributed by atoms with E-state index in [4.69, 9.17) is 14.2 Å². The molecule has 31 heavy (non-hydrogen) atoms. The van der Waals surface area contributed by atoms with Crippen LogP contribution in [-0.2, 0) is 23.8 Å². The van der Waals surface area contributed by atoms with Gasteiger partial charge in [-0.1, -0.05) is 20.8 Å². The molecule has 7 atom stereocenters. The molecule has 1 spiro atoms. The van der Waals surface area contributed by atoms with Gasteiger partial charge >= 0.3 is 11.9 Å². The lowest BCUT2D eigenvalue weighted by molar-refractivity contribution is -0.273. The van der Waals surface area contributed by atoms with Gasteiger partial charge in [0.1, 0.15) is 0 Å². The molecule has 2 N–H and O–H groups in total. The Hall–Kier alpha value is -1.18. The number of fused-ring (bicyclic) bond motifs is 2. The van der Waals surface area contributed by atoms with Crippen LogP contribution in [0.25, 0.3) is 0 Å². The fourth-order valence-electron chi connectivity index (χ4n) is 7.12. The molecular weight excluding hydrogens is 400 g/mol. The second kappa shape index (κ2) is 8.64. The Kier molecular flexibility index (Phi) is 6.82. The molecule has 0 radical (unpaired) electrons. The Bertz CT molecular complexity index is 695. The number of ether oxygens (including phenoxy) is 3. The van der Waals surface area contributed by atoms with Crippen LogP contribution in [0.4, 0.5) is 0 Å². The van der Waals surface area contributed by atoms with Gasteiger partial charge in [0, 0.05) is 31.1 Å². The fourth-order valence-corrected chi connectivity index (χ4v) is 7.12. The molecule has 1 saturated heterocycles. The van der Waals surface area contributed by atoms with E-state index < -0.39 is 22.7 Å². The first kappa shape index (κ1) is 24.5. The van der Waals surface area contributed by atoms with E-state index in [1.165, 1.54) is 13.8 Å². The average Bonchev–Trinajstić information content (AvgIpc) is 3.10. The summed E-state index contributed by atoms with van der Waals surface area (Å²) < 4.78 is 17.5. The fraction of sp³-hybridized carbons (Fsp3) is 0.917. The summed E-state index contributed by atoms with van der Waals surface area (Å²) >= 11 is 0. The molecule has 1 aliphatic heterocycles. The van der Waals surface area contributed by atoms with Crippen molar-refractivity contribution in [1.29, 1.82) is 0 Å². The van der Waals surface area contributed by atoms with Gasteiger partial charge in [-0.3, -0.25) is 9.59 Å². The van der Waals surface area contributed by atoms with Crippen molar-refractivity contribution in [2.45, 2.75) is 96.9 Å². The Balaban J connectivity index is 1.92. The van der Waals surface area contributed by atoms with Gasteiger partial charge in [0.15, 0.2) is 0 Å². The van der Waals surface area contributed by atoms with Crippen LogP contribution in [0.2, 0.25) is 0 Å². The molecule has 178 valence electrons. The second-order valence-corrected chi connectivity index (χ2v) is 10.7. The standard InChI is InChI=1S/C24H40O7/c1-16-6-7-19-21(4,15-30-18(3)27)20(28)8-9-22(19,5)24(16)11-10-23(14-25,31-24)12-13-29-17(2)26/h16,19-20,25,28H,6-15H2,1-5H3/t16-,19-,20-,21-,22-,23+,24-/m0/s1. The van der Waals surface area contributed by atoms with Crippen LogP contribution in [0.15, 0.2) is 0 Å². The van der Waals surface area contributed by atoms with E-state index in [0.29, 0.717) is 25.2 Å². The normalized spacial score (nSPS) is 44.7. The van der Waals surface area contributed by atoms with Crippen LogP contribution in [0, 0.1) is 22.7 Å². The van der Waals surface area contributed by atoms with E-state index >= 15 is 0 Å². The summed E-state index contributed by atoms with van der Waals surface area (Å²) in [5.41, 5.74) is -1.93. The summed E-state index contributed by atoms with van der Waals surface area (Å²) in [4.78, 5) is 22.8. The summed E-state index contributed by atoms with van der Waals surface area (Å²) in [6, 6.07) is 0. The summed E-state index contributed by atoms with van der Waals surface area (Å²) in [5.74, 6) is -0.241. The molecule has 0 aromatic carbocycles. The highest BCUT2D eigenvalue weighted by atomic mass is 16.6. The molecule has 7 nitrogen and oxygen atoms in total. The van der Waals surface area contributed by atoms with Gasteiger partial charge in [-0.15, -0.1) is 0 Å². The summed E-state index contributed by atoms with van der Waals surface area (Å²) in [7, 11) is 0. The number of rotatable bonds is 6. The smallest absolute Gasteiger partial charge is 0.302 e. The molecule has 7 heteroatoms. The van der Waals surface area contributed by atoms with Gasteiger partial charge in [0.2, 0.25) is 0 Å². The van der Waals surface area contributed by atoms with Crippen molar-refractivity contribution >= 4 is 11.9 Å². The maximum atomic E-state index is 11.6. The third-order valence-electron chi connectivity index (χ3n) is 9.00. The van der Waals surface area contributed by atoms with Crippen molar-refractivity contribution in [3.63, 3.8) is 0 Å². The summed E-state index contributed by atoms with van der Waals surface area (Å²) in [6.07, 6.45) is 4.80. The summed E-state index contributed by atoms with van der Waals surface area (Å²) in [5, 5.41) is 21.3. The van der Waals surface area contributed by atoms with Crippen molar-refractivity contribution < 1.29 is 34.0 Å². The molecule has 0 amide bonds. The van der Waals surface area contributed by atoms with Crippen molar-refractivity contribution in [3.05, 3.63) is 0 Å². The zero-order valence-electron chi connectivity index (χ0n) is 19.7. The Morgan fingerprint density at radius 1 is 1.03 bits per heavy atom. The largest absolute Gasteiger partial charge is 0.466 e. The minimum Gasteiger partial charge on any atom is -0.466 e. The highest BCUT2D eigenvalue weighted by Gasteiger charge is 2.69. The molecule has 1 heterocycles. The number of hydrogen-bond donors (Lipinski definition) is 2. The molecular formula is C24H40O7. The minimum atomic E-state index is -0.725. The van der Waals surface area contributed by atoms with Crippen LogP contribution in [0.3, 0.4) is 0 Å². The third kappa shape index (κ3) is 4.02. The van der Waals surface area contributed by atoms with Crippen LogP contribution in [0.1, 0.15) is 79.6 Å². The minimum absolute atomic E-state index is 0.114. The quantitative estimate of drug-likeness (QED) is 0.612. The Labute approximate surface area is 185 Å². The van der Waals surface area contributed by atoms with E-state index in [-0.39, 0.29) is 43.1 Å². The zero-order valence-corrected chi connectivity index (χ0v) is 19.7. The predicted octanol–water partition coefficient (Wildman–Crippen LogP) is 3.00. The number of esters is 2. The van der Waals surface area contributed by atoms with E-state index in [9.17, 15) is 19.8 Å². The molecule has 0 aromatic heterocycles. The van der Waals surface area contributed by atoms with Crippen molar-refractivity contribution in [2.75, 3.05) is 19.8 Å². The van der Waals surface area contributed by atoms with Crippen LogP contribution < -0.4 is 0 Å². The zero-order chi connectivity index (χ0) is 23.1. The van der Waals surface area contributed by atoms with Crippen LogP contribution >= 0.6 is 0 Å². The maximum absolute atomic E-state index is 11.6. The lowest BCUT2D eigenvalue weighted by Gasteiger charge is -2.65. The lowest BCUT2D eigenvalue weighted by atomic mass is 9.43. The average molecular weight is 441 g/mol. The molecule has 0 aromatic rings. The first-order valence-electron chi connectivity index (χ1n) is 11.7. The lowest BCUT2D eigenvalue weighted by Crippen LogP contribution is -2.66. The maximum Gasteiger partial charge on any atom is 0.302 e. The van der Waals surface area contributed by atoms with Gasteiger partial charge < -0.3 is 24.4 Å². The number of carbonyl (C=O) groups is 2. The van der Waals surface area contributed by atoms with E-state index in [0.717, 1.165) is 25.7 Å². The van der Waals surface area contributed by atoms with E-state index in [1.807, 2.05) is 6.92 Å². The van der Waals surface area contributed by atoms with Gasteiger partial charge in [0.25, 0.3) is 0 Å². The number of carbonyl (C=O) groups excluding carboxylic acids is 2. The van der Waals surface area contributed by atoms with Gasteiger partial charge in [-0.25, -0.2) is 0 Å². The molecule has 3 aliphatic rings. The number of hydrogen-bond acceptors (Lipinski definition) is 7. The molecule has 3 fully saturated rings. The third-order valence-corrected chi connectivity index (χ3v) is 9.00. The topological polar surface area (TPSA) is 102 Å². The highest BCUT2D eigenvalue weighted by Crippen LogP contribution is 2.67. The van der Waals surface area contributed by atoms with Crippen molar-refractivity contribution in [2.24, 2.45) is 22.7 Å². The Morgan fingerprint density at radius 2 is 1.71 bits per heavy atom. The Morgan fingerprint density at radius 3 is 2.32 bits per heavy atom. The van der Waals surface area contributed by atoms with Gasteiger partial charge in [0.05, 0.1) is 37.1 Å². The molecule has 0 unspecified atom stereocenters. The van der Waals surface area contributed by atoms with E-state index in [1.54, 1.807) is 0 Å². The first-order chi connectivity index (χ1) is 14.4. The summed E-state index contributed by atoms with van der Waals surface area (Å²) in [6.45, 7) is 9.64. The molecule has 2 aliphatic carbocycles. The van der Waals surface area contributed by atoms with Crippen LogP contribution in [-0.4, -0.2) is 59.3 Å². The predicted molar refractivity (Wildman–Crippen MR) is 114 cm³/mol. The molecule has 2 saturated carbocycles. The van der Waals surface area contributed by atoms with E-state index in [2.05, 4.69) is 13.8 Å². The molecule has 0 bridgehead atoms. The van der Waals surface area contributed by atoms with Crippen LogP contribution in [0.5, 0.6) is 0 Å². The highest BCUT2D eigenvalue weighted by molar-refractivity contribution is 5.66. The number of aliphatic hydroxyl groups is 2. The monoisotopic (exact) mass is 440 g/mol. The second-order valence-electron chi connectivity index (χ2n) is 10.7.